The van der Waals surface area contributed by atoms with Crippen LogP contribution in [0.5, 0.6) is 0 Å². The number of hydrogen-bond acceptors (Lipinski definition) is 2. The van der Waals surface area contributed by atoms with Gasteiger partial charge in [0.2, 0.25) is 0 Å². The van der Waals surface area contributed by atoms with E-state index in [1.165, 1.54) is 42.3 Å². The summed E-state index contributed by atoms with van der Waals surface area (Å²) in [6, 6.07) is 7.43. The summed E-state index contributed by atoms with van der Waals surface area (Å²) in [6.45, 7) is 3.27. The first kappa shape index (κ1) is 11.7. The third-order valence-corrected chi connectivity index (χ3v) is 3.99. The summed E-state index contributed by atoms with van der Waals surface area (Å²) in [5.74, 6) is 0. The first-order chi connectivity index (χ1) is 8.74. The molecule has 0 amide bonds. The minimum absolute atomic E-state index is 0.660. The molecule has 1 aliphatic rings. The van der Waals surface area contributed by atoms with E-state index in [0.717, 1.165) is 12.1 Å². The summed E-state index contributed by atoms with van der Waals surface area (Å²) in [4.78, 5) is 0. The SMILES string of the molecule is Cc1nn(C)c2ccc(CC3CCCCN3)cc12. The van der Waals surface area contributed by atoms with Crippen LogP contribution in [0.3, 0.4) is 0 Å². The van der Waals surface area contributed by atoms with Gasteiger partial charge < -0.3 is 5.32 Å². The molecule has 18 heavy (non-hydrogen) atoms. The van der Waals surface area contributed by atoms with Crippen LogP contribution < -0.4 is 5.32 Å². The number of fused-ring (bicyclic) bond motifs is 1. The van der Waals surface area contributed by atoms with E-state index in [0.29, 0.717) is 6.04 Å². The van der Waals surface area contributed by atoms with Crippen LogP contribution in [0.4, 0.5) is 0 Å². The lowest BCUT2D eigenvalue weighted by Gasteiger charge is -2.23. The van der Waals surface area contributed by atoms with Gasteiger partial charge in [0, 0.05) is 18.5 Å². The molecule has 1 aliphatic heterocycles. The van der Waals surface area contributed by atoms with Crippen molar-refractivity contribution in [1.29, 1.82) is 0 Å². The Bertz CT molecular complexity index is 550. The molecule has 0 aliphatic carbocycles. The van der Waals surface area contributed by atoms with Crippen molar-refractivity contribution >= 4 is 10.9 Å². The highest BCUT2D eigenvalue weighted by Gasteiger charge is 2.14. The molecule has 1 N–H and O–H groups in total. The van der Waals surface area contributed by atoms with Crippen LogP contribution in [-0.2, 0) is 13.5 Å². The topological polar surface area (TPSA) is 29.9 Å². The molecule has 1 fully saturated rings. The summed E-state index contributed by atoms with van der Waals surface area (Å²) in [6.07, 6.45) is 5.15. The van der Waals surface area contributed by atoms with E-state index < -0.39 is 0 Å². The zero-order valence-corrected chi connectivity index (χ0v) is 11.2. The van der Waals surface area contributed by atoms with Crippen molar-refractivity contribution in [3.8, 4) is 0 Å². The number of piperidine rings is 1. The van der Waals surface area contributed by atoms with Crippen LogP contribution in [0.2, 0.25) is 0 Å². The molecule has 3 nitrogen and oxygen atoms in total. The first-order valence-corrected chi connectivity index (χ1v) is 6.89. The minimum Gasteiger partial charge on any atom is -0.314 e. The average molecular weight is 243 g/mol. The molecule has 1 unspecified atom stereocenters. The lowest BCUT2D eigenvalue weighted by molar-refractivity contribution is 0.399. The van der Waals surface area contributed by atoms with Crippen molar-refractivity contribution in [3.63, 3.8) is 0 Å². The predicted molar refractivity (Wildman–Crippen MR) is 74.8 cm³/mol. The Labute approximate surface area is 108 Å². The summed E-state index contributed by atoms with van der Waals surface area (Å²) < 4.78 is 1.97. The Morgan fingerprint density at radius 3 is 3.06 bits per heavy atom. The number of nitrogens with zero attached hydrogens (tertiary/aromatic N) is 2. The van der Waals surface area contributed by atoms with E-state index in [-0.39, 0.29) is 0 Å². The maximum atomic E-state index is 4.48. The number of aryl methyl sites for hydroxylation is 2. The Kier molecular flexibility index (Phi) is 3.08. The van der Waals surface area contributed by atoms with Crippen LogP contribution in [0.1, 0.15) is 30.5 Å². The van der Waals surface area contributed by atoms with E-state index in [4.69, 9.17) is 0 Å². The second-order valence-corrected chi connectivity index (χ2v) is 5.41. The highest BCUT2D eigenvalue weighted by molar-refractivity contribution is 5.82. The van der Waals surface area contributed by atoms with Gasteiger partial charge in [-0.2, -0.15) is 5.10 Å². The maximum absolute atomic E-state index is 4.48. The van der Waals surface area contributed by atoms with Crippen LogP contribution in [0.15, 0.2) is 18.2 Å². The van der Waals surface area contributed by atoms with Gasteiger partial charge in [-0.1, -0.05) is 12.5 Å². The summed E-state index contributed by atoms with van der Waals surface area (Å²) in [5, 5.41) is 9.39. The Hall–Kier alpha value is -1.35. The first-order valence-electron chi connectivity index (χ1n) is 6.89. The lowest BCUT2D eigenvalue weighted by atomic mass is 9.97. The smallest absolute Gasteiger partial charge is 0.0682 e. The predicted octanol–water partition coefficient (Wildman–Crippen LogP) is 2.57. The van der Waals surface area contributed by atoms with Gasteiger partial charge >= 0.3 is 0 Å². The molecule has 0 bridgehead atoms. The number of aromatic nitrogens is 2. The Morgan fingerprint density at radius 2 is 2.28 bits per heavy atom. The largest absolute Gasteiger partial charge is 0.314 e. The number of rotatable bonds is 2. The zero-order chi connectivity index (χ0) is 12.5. The van der Waals surface area contributed by atoms with E-state index >= 15 is 0 Å². The highest BCUT2D eigenvalue weighted by Crippen LogP contribution is 2.21. The molecule has 2 aromatic rings. The molecule has 1 saturated heterocycles. The highest BCUT2D eigenvalue weighted by atomic mass is 15.3. The molecule has 2 heterocycles. The molecule has 96 valence electrons. The van der Waals surface area contributed by atoms with E-state index in [2.05, 4.69) is 35.5 Å². The molecule has 1 aromatic heterocycles. The second kappa shape index (κ2) is 4.73. The lowest BCUT2D eigenvalue weighted by Crippen LogP contribution is -2.35. The third kappa shape index (κ3) is 2.15. The standard InChI is InChI=1S/C15H21N3/c1-11-14-10-12(6-7-15(14)18(2)17-11)9-13-5-3-4-8-16-13/h6-7,10,13,16H,3-5,8-9H2,1-2H3. The van der Waals surface area contributed by atoms with Crippen molar-refractivity contribution in [3.05, 3.63) is 29.5 Å². The van der Waals surface area contributed by atoms with Gasteiger partial charge in [0.25, 0.3) is 0 Å². The van der Waals surface area contributed by atoms with Crippen molar-refractivity contribution in [2.75, 3.05) is 6.54 Å². The number of hydrogen-bond donors (Lipinski definition) is 1. The van der Waals surface area contributed by atoms with Crippen molar-refractivity contribution in [1.82, 2.24) is 15.1 Å². The average Bonchev–Trinajstić information content (AvgIpc) is 2.66. The normalized spacial score (nSPS) is 20.4. The maximum Gasteiger partial charge on any atom is 0.0682 e. The molecule has 0 saturated carbocycles. The van der Waals surface area contributed by atoms with Crippen LogP contribution in [0.25, 0.3) is 10.9 Å². The van der Waals surface area contributed by atoms with E-state index in [9.17, 15) is 0 Å². The van der Waals surface area contributed by atoms with Crippen molar-refractivity contribution < 1.29 is 0 Å². The summed E-state index contributed by atoms with van der Waals surface area (Å²) in [7, 11) is 2.01. The third-order valence-electron chi connectivity index (χ3n) is 3.99. The summed E-state index contributed by atoms with van der Waals surface area (Å²) >= 11 is 0. The molecule has 3 rings (SSSR count). The fourth-order valence-corrected chi connectivity index (χ4v) is 3.00. The fraction of sp³-hybridized carbons (Fsp3) is 0.533. The van der Waals surface area contributed by atoms with Crippen molar-refractivity contribution in [2.45, 2.75) is 38.6 Å². The van der Waals surface area contributed by atoms with E-state index in [1.54, 1.807) is 0 Å². The molecule has 0 spiro atoms. The van der Waals surface area contributed by atoms with Gasteiger partial charge in [-0.25, -0.2) is 0 Å². The molecule has 0 radical (unpaired) electrons. The summed E-state index contributed by atoms with van der Waals surface area (Å²) in [5.41, 5.74) is 3.79. The zero-order valence-electron chi connectivity index (χ0n) is 11.2. The van der Waals surface area contributed by atoms with Crippen LogP contribution in [-0.4, -0.2) is 22.4 Å². The van der Waals surface area contributed by atoms with Gasteiger partial charge in [-0.05, 0) is 50.4 Å². The molecular formula is C15H21N3. The molecule has 3 heteroatoms. The van der Waals surface area contributed by atoms with Crippen LogP contribution >= 0.6 is 0 Å². The number of benzene rings is 1. The Morgan fingerprint density at radius 1 is 1.39 bits per heavy atom. The minimum atomic E-state index is 0.660. The molecule has 1 aromatic carbocycles. The Balaban J connectivity index is 1.86. The van der Waals surface area contributed by atoms with Gasteiger partial charge in [-0.3, -0.25) is 4.68 Å². The van der Waals surface area contributed by atoms with Gasteiger partial charge in [0.05, 0.1) is 11.2 Å². The molecular weight excluding hydrogens is 222 g/mol. The fourth-order valence-electron chi connectivity index (χ4n) is 3.00. The molecule has 1 atom stereocenters. The van der Waals surface area contributed by atoms with Crippen molar-refractivity contribution in [2.24, 2.45) is 7.05 Å². The van der Waals surface area contributed by atoms with Gasteiger partial charge in [-0.15, -0.1) is 0 Å². The van der Waals surface area contributed by atoms with Gasteiger partial charge in [0.15, 0.2) is 0 Å². The number of nitrogens with one attached hydrogen (secondary N) is 1. The van der Waals surface area contributed by atoms with E-state index in [1.807, 2.05) is 11.7 Å². The van der Waals surface area contributed by atoms with Gasteiger partial charge in [0.1, 0.15) is 0 Å². The second-order valence-electron chi connectivity index (χ2n) is 5.41. The quantitative estimate of drug-likeness (QED) is 0.878. The monoisotopic (exact) mass is 243 g/mol. The van der Waals surface area contributed by atoms with Crippen LogP contribution in [0, 0.1) is 6.92 Å².